The summed E-state index contributed by atoms with van der Waals surface area (Å²) >= 11 is 2.17. The summed E-state index contributed by atoms with van der Waals surface area (Å²) in [5.41, 5.74) is 1.11. The first-order valence-corrected chi connectivity index (χ1v) is 7.24. The number of aliphatic imine (C=N–C) groups is 1. The van der Waals surface area contributed by atoms with Gasteiger partial charge in [0.05, 0.1) is 0 Å². The van der Waals surface area contributed by atoms with Gasteiger partial charge in [0.1, 0.15) is 5.82 Å². The number of nitrogens with zero attached hydrogens (tertiary/aromatic N) is 1. The Morgan fingerprint density at radius 2 is 1.95 bits per heavy atom. The summed E-state index contributed by atoms with van der Waals surface area (Å²) in [4.78, 5) is 16.0. The highest BCUT2D eigenvalue weighted by molar-refractivity contribution is 14.1. The van der Waals surface area contributed by atoms with Gasteiger partial charge in [-0.1, -0.05) is 24.3 Å². The lowest BCUT2D eigenvalue weighted by Crippen LogP contribution is -2.05. The number of rotatable bonds is 2. The Labute approximate surface area is 134 Å². The SMILES string of the molecule is O=C1OC(c2cccc(I)c2)=N/C1=C\c1ccccc1F. The molecule has 1 aliphatic rings. The predicted molar refractivity (Wildman–Crippen MR) is 86.2 cm³/mol. The van der Waals surface area contributed by atoms with Crippen LogP contribution in [-0.2, 0) is 9.53 Å². The van der Waals surface area contributed by atoms with Crippen molar-refractivity contribution in [2.75, 3.05) is 0 Å². The molecule has 0 aliphatic carbocycles. The molecule has 3 nitrogen and oxygen atoms in total. The Balaban J connectivity index is 1.98. The summed E-state index contributed by atoms with van der Waals surface area (Å²) in [6.45, 7) is 0. The molecular weight excluding hydrogens is 384 g/mol. The second-order valence-electron chi connectivity index (χ2n) is 4.37. The summed E-state index contributed by atoms with van der Waals surface area (Å²) in [7, 11) is 0. The molecule has 0 N–H and O–H groups in total. The molecule has 0 radical (unpaired) electrons. The number of hydrogen-bond donors (Lipinski definition) is 0. The third-order valence-corrected chi connectivity index (χ3v) is 3.56. The van der Waals surface area contributed by atoms with Gasteiger partial charge in [0, 0.05) is 14.7 Å². The Morgan fingerprint density at radius 1 is 1.14 bits per heavy atom. The average molecular weight is 393 g/mol. The van der Waals surface area contributed by atoms with Gasteiger partial charge in [0.15, 0.2) is 5.70 Å². The predicted octanol–water partition coefficient (Wildman–Crippen LogP) is 3.77. The fraction of sp³-hybridized carbons (Fsp3) is 0. The topological polar surface area (TPSA) is 38.7 Å². The number of halogens is 2. The minimum absolute atomic E-state index is 0.0916. The molecule has 0 saturated carbocycles. The smallest absolute Gasteiger partial charge is 0.363 e. The van der Waals surface area contributed by atoms with Crippen LogP contribution in [0.3, 0.4) is 0 Å². The van der Waals surface area contributed by atoms with Crippen molar-refractivity contribution in [3.05, 3.63) is 74.7 Å². The molecule has 2 aromatic rings. The Bertz CT molecular complexity index is 783. The number of carbonyl (C=O) groups excluding carboxylic acids is 1. The highest BCUT2D eigenvalue weighted by Gasteiger charge is 2.24. The molecule has 0 unspecified atom stereocenters. The highest BCUT2D eigenvalue weighted by Crippen LogP contribution is 2.21. The molecule has 0 saturated heterocycles. The van der Waals surface area contributed by atoms with Gasteiger partial charge in [0.25, 0.3) is 0 Å². The lowest BCUT2D eigenvalue weighted by molar-refractivity contribution is -0.129. The van der Waals surface area contributed by atoms with E-state index in [0.717, 1.165) is 3.57 Å². The first kappa shape index (κ1) is 13.9. The monoisotopic (exact) mass is 393 g/mol. The van der Waals surface area contributed by atoms with E-state index in [1.807, 2.05) is 18.2 Å². The van der Waals surface area contributed by atoms with Crippen LogP contribution in [-0.4, -0.2) is 11.9 Å². The summed E-state index contributed by atoms with van der Waals surface area (Å²) in [6.07, 6.45) is 1.39. The lowest BCUT2D eigenvalue weighted by Gasteiger charge is -1.99. The fourth-order valence-electron chi connectivity index (χ4n) is 1.89. The third-order valence-electron chi connectivity index (χ3n) is 2.89. The van der Waals surface area contributed by atoms with Crippen LogP contribution < -0.4 is 0 Å². The maximum Gasteiger partial charge on any atom is 0.363 e. The van der Waals surface area contributed by atoms with Gasteiger partial charge in [-0.2, -0.15) is 0 Å². The van der Waals surface area contributed by atoms with Crippen molar-refractivity contribution >= 4 is 40.5 Å². The average Bonchev–Trinajstić information content (AvgIpc) is 2.83. The molecule has 0 aromatic heterocycles. The van der Waals surface area contributed by atoms with E-state index in [1.54, 1.807) is 24.3 Å². The van der Waals surface area contributed by atoms with Gasteiger partial charge < -0.3 is 4.74 Å². The zero-order valence-corrected chi connectivity index (χ0v) is 12.9. The van der Waals surface area contributed by atoms with Crippen molar-refractivity contribution in [3.8, 4) is 0 Å². The van der Waals surface area contributed by atoms with E-state index < -0.39 is 11.8 Å². The van der Waals surface area contributed by atoms with Crippen molar-refractivity contribution in [3.63, 3.8) is 0 Å². The number of carbonyl (C=O) groups is 1. The van der Waals surface area contributed by atoms with E-state index in [-0.39, 0.29) is 11.6 Å². The minimum atomic E-state index is -0.577. The molecule has 0 bridgehead atoms. The van der Waals surface area contributed by atoms with E-state index in [9.17, 15) is 9.18 Å². The van der Waals surface area contributed by atoms with Crippen molar-refractivity contribution in [2.24, 2.45) is 4.99 Å². The normalized spacial score (nSPS) is 16.0. The van der Waals surface area contributed by atoms with Crippen molar-refractivity contribution in [1.29, 1.82) is 0 Å². The van der Waals surface area contributed by atoms with E-state index in [0.29, 0.717) is 11.1 Å². The van der Waals surface area contributed by atoms with Crippen molar-refractivity contribution in [2.45, 2.75) is 0 Å². The standard InChI is InChI=1S/C16H9FINO2/c17-13-7-2-1-4-10(13)9-14-16(20)21-15(19-14)11-5-3-6-12(18)8-11/h1-9H/b14-9-. The van der Waals surface area contributed by atoms with Gasteiger partial charge in [-0.25, -0.2) is 14.2 Å². The highest BCUT2D eigenvalue weighted by atomic mass is 127. The number of hydrogen-bond acceptors (Lipinski definition) is 3. The third kappa shape index (κ3) is 3.02. The zero-order valence-electron chi connectivity index (χ0n) is 10.7. The lowest BCUT2D eigenvalue weighted by atomic mass is 10.2. The van der Waals surface area contributed by atoms with Crippen LogP contribution in [0.1, 0.15) is 11.1 Å². The first-order valence-electron chi connectivity index (χ1n) is 6.16. The van der Waals surface area contributed by atoms with Crippen molar-refractivity contribution < 1.29 is 13.9 Å². The zero-order chi connectivity index (χ0) is 14.8. The molecule has 21 heavy (non-hydrogen) atoms. The fourth-order valence-corrected chi connectivity index (χ4v) is 2.44. The van der Waals surface area contributed by atoms with Gasteiger partial charge in [-0.05, 0) is 52.9 Å². The largest absolute Gasteiger partial charge is 0.402 e. The molecule has 1 aliphatic heterocycles. The number of ether oxygens (including phenoxy) is 1. The second kappa shape index (κ2) is 5.77. The molecule has 104 valence electrons. The van der Waals surface area contributed by atoms with Crippen LogP contribution in [0, 0.1) is 9.39 Å². The van der Waals surface area contributed by atoms with Crippen LogP contribution >= 0.6 is 22.6 Å². The van der Waals surface area contributed by atoms with E-state index in [4.69, 9.17) is 4.74 Å². The Kier molecular flexibility index (Phi) is 3.83. The maximum atomic E-state index is 13.6. The molecular formula is C16H9FINO2. The van der Waals surface area contributed by atoms with Crippen LogP contribution in [0.2, 0.25) is 0 Å². The van der Waals surface area contributed by atoms with Crippen molar-refractivity contribution in [1.82, 2.24) is 0 Å². The summed E-state index contributed by atoms with van der Waals surface area (Å²) in [6, 6.07) is 13.6. The van der Waals surface area contributed by atoms with E-state index in [2.05, 4.69) is 27.6 Å². The second-order valence-corrected chi connectivity index (χ2v) is 5.61. The first-order chi connectivity index (χ1) is 10.1. The minimum Gasteiger partial charge on any atom is -0.402 e. The van der Waals surface area contributed by atoms with E-state index >= 15 is 0 Å². The maximum absolute atomic E-state index is 13.6. The number of esters is 1. The molecule has 5 heteroatoms. The Morgan fingerprint density at radius 3 is 2.71 bits per heavy atom. The van der Waals surface area contributed by atoms with Gasteiger partial charge >= 0.3 is 5.97 Å². The number of cyclic esters (lactones) is 1. The van der Waals surface area contributed by atoms with Crippen LogP contribution in [0.15, 0.2) is 59.2 Å². The summed E-state index contributed by atoms with van der Waals surface area (Å²) in [5.74, 6) is -0.746. The molecule has 3 rings (SSSR count). The molecule has 0 spiro atoms. The van der Waals surface area contributed by atoms with Gasteiger partial charge in [0.2, 0.25) is 5.90 Å². The Hall–Kier alpha value is -2.02. The molecule has 2 aromatic carbocycles. The van der Waals surface area contributed by atoms with E-state index in [1.165, 1.54) is 12.1 Å². The molecule has 0 amide bonds. The van der Waals surface area contributed by atoms with Crippen LogP contribution in [0.4, 0.5) is 4.39 Å². The van der Waals surface area contributed by atoms with Gasteiger partial charge in [-0.3, -0.25) is 0 Å². The number of benzene rings is 2. The molecule has 0 atom stereocenters. The summed E-state index contributed by atoms with van der Waals surface area (Å²) in [5, 5.41) is 0. The molecule has 0 fully saturated rings. The quantitative estimate of drug-likeness (QED) is 0.443. The summed E-state index contributed by atoms with van der Waals surface area (Å²) < 4.78 is 19.8. The molecule has 1 heterocycles. The van der Waals surface area contributed by atoms with Gasteiger partial charge in [-0.15, -0.1) is 0 Å². The van der Waals surface area contributed by atoms with Crippen LogP contribution in [0.25, 0.3) is 6.08 Å². The van der Waals surface area contributed by atoms with Crippen LogP contribution in [0.5, 0.6) is 0 Å².